The van der Waals surface area contributed by atoms with Gasteiger partial charge in [0.1, 0.15) is 0 Å². The van der Waals surface area contributed by atoms with Gasteiger partial charge in [-0.3, -0.25) is 0 Å². The summed E-state index contributed by atoms with van der Waals surface area (Å²) in [5, 5.41) is 0. The minimum absolute atomic E-state index is 0.272. The van der Waals surface area contributed by atoms with E-state index in [9.17, 15) is 0 Å². The minimum atomic E-state index is 0.272. The molecule has 0 spiro atoms. The quantitative estimate of drug-likeness (QED) is 0.499. The highest BCUT2D eigenvalue weighted by Crippen LogP contribution is 2.09. The molecule has 0 fully saturated rings. The van der Waals surface area contributed by atoms with Gasteiger partial charge >= 0.3 is 0 Å². The standard InChI is InChI=1S/C12H26O3/c1-13-10-8-6-4-5-7-9-12(15-3)11-14-2/h12H,4-11H2,1-3H3. The van der Waals surface area contributed by atoms with E-state index in [4.69, 9.17) is 14.2 Å². The Hall–Kier alpha value is -0.120. The molecule has 0 radical (unpaired) electrons. The lowest BCUT2D eigenvalue weighted by atomic mass is 10.1. The van der Waals surface area contributed by atoms with Crippen molar-refractivity contribution in [2.75, 3.05) is 34.5 Å². The third-order valence-corrected chi connectivity index (χ3v) is 2.56. The van der Waals surface area contributed by atoms with E-state index in [1.165, 1.54) is 32.1 Å². The van der Waals surface area contributed by atoms with Crippen LogP contribution in [0.4, 0.5) is 0 Å². The summed E-state index contributed by atoms with van der Waals surface area (Å²) in [6.07, 6.45) is 7.65. The lowest BCUT2D eigenvalue weighted by Gasteiger charge is -2.13. The molecule has 0 rings (SSSR count). The SMILES string of the molecule is COCCCCCCCC(COC)OC. The molecule has 0 aliphatic heterocycles. The topological polar surface area (TPSA) is 27.7 Å². The van der Waals surface area contributed by atoms with Gasteiger partial charge in [-0.1, -0.05) is 25.7 Å². The number of hydrogen-bond acceptors (Lipinski definition) is 3. The van der Waals surface area contributed by atoms with E-state index in [0.717, 1.165) is 13.0 Å². The maximum absolute atomic E-state index is 5.29. The lowest BCUT2D eigenvalue weighted by molar-refractivity contribution is 0.0220. The van der Waals surface area contributed by atoms with Gasteiger partial charge < -0.3 is 14.2 Å². The minimum Gasteiger partial charge on any atom is -0.385 e. The number of hydrogen-bond donors (Lipinski definition) is 0. The molecule has 1 atom stereocenters. The highest BCUT2D eigenvalue weighted by Gasteiger charge is 2.05. The molecule has 0 aliphatic carbocycles. The molecule has 0 amide bonds. The molecule has 15 heavy (non-hydrogen) atoms. The van der Waals surface area contributed by atoms with E-state index in [0.29, 0.717) is 6.61 Å². The van der Waals surface area contributed by atoms with Crippen molar-refractivity contribution in [2.24, 2.45) is 0 Å². The van der Waals surface area contributed by atoms with Crippen molar-refractivity contribution < 1.29 is 14.2 Å². The lowest BCUT2D eigenvalue weighted by Crippen LogP contribution is -2.16. The molecule has 0 bridgehead atoms. The molecule has 0 aromatic carbocycles. The first-order chi connectivity index (χ1) is 7.35. The van der Waals surface area contributed by atoms with Gasteiger partial charge in [-0.15, -0.1) is 0 Å². The van der Waals surface area contributed by atoms with Crippen LogP contribution in [0.5, 0.6) is 0 Å². The fraction of sp³-hybridized carbons (Fsp3) is 1.00. The van der Waals surface area contributed by atoms with Crippen LogP contribution < -0.4 is 0 Å². The van der Waals surface area contributed by atoms with Crippen LogP contribution in [0.25, 0.3) is 0 Å². The van der Waals surface area contributed by atoms with Crippen molar-refractivity contribution in [1.82, 2.24) is 0 Å². The smallest absolute Gasteiger partial charge is 0.0804 e. The Morgan fingerprint density at radius 1 is 0.800 bits per heavy atom. The summed E-state index contributed by atoms with van der Waals surface area (Å²) in [5.41, 5.74) is 0. The molecule has 0 aromatic rings. The van der Waals surface area contributed by atoms with Gasteiger partial charge in [0, 0.05) is 27.9 Å². The normalized spacial score (nSPS) is 13.0. The second-order valence-corrected chi connectivity index (χ2v) is 3.86. The first-order valence-electron chi connectivity index (χ1n) is 5.85. The van der Waals surface area contributed by atoms with Crippen LogP contribution in [-0.2, 0) is 14.2 Å². The second kappa shape index (κ2) is 12.0. The Labute approximate surface area is 94.1 Å². The van der Waals surface area contributed by atoms with Gasteiger partial charge in [-0.2, -0.15) is 0 Å². The molecule has 1 unspecified atom stereocenters. The predicted molar refractivity (Wildman–Crippen MR) is 62.3 cm³/mol. The molecule has 3 heteroatoms. The molecule has 92 valence electrons. The molecule has 0 saturated carbocycles. The zero-order valence-electron chi connectivity index (χ0n) is 10.5. The van der Waals surface area contributed by atoms with Gasteiger partial charge in [-0.05, 0) is 12.8 Å². The molecule has 0 saturated heterocycles. The Bertz CT molecular complexity index is 117. The highest BCUT2D eigenvalue weighted by molar-refractivity contribution is 4.56. The van der Waals surface area contributed by atoms with Gasteiger partial charge in [0.05, 0.1) is 12.7 Å². The summed E-state index contributed by atoms with van der Waals surface area (Å²) < 4.78 is 15.4. The molecule has 0 aromatic heterocycles. The average molecular weight is 218 g/mol. The summed E-state index contributed by atoms with van der Waals surface area (Å²) in [7, 11) is 5.23. The maximum atomic E-state index is 5.29. The van der Waals surface area contributed by atoms with Gasteiger partial charge in [0.2, 0.25) is 0 Å². The highest BCUT2D eigenvalue weighted by atomic mass is 16.5. The first-order valence-corrected chi connectivity index (χ1v) is 5.85. The van der Waals surface area contributed by atoms with E-state index in [2.05, 4.69) is 0 Å². The summed E-state index contributed by atoms with van der Waals surface area (Å²) >= 11 is 0. The number of unbranched alkanes of at least 4 members (excludes halogenated alkanes) is 4. The largest absolute Gasteiger partial charge is 0.385 e. The number of rotatable bonds is 11. The van der Waals surface area contributed by atoms with Crippen molar-refractivity contribution in [3.05, 3.63) is 0 Å². The molecule has 3 nitrogen and oxygen atoms in total. The Kier molecular flexibility index (Phi) is 11.9. The van der Waals surface area contributed by atoms with Gasteiger partial charge in [0.15, 0.2) is 0 Å². The Balaban J connectivity index is 3.14. The Morgan fingerprint density at radius 2 is 1.47 bits per heavy atom. The van der Waals surface area contributed by atoms with Crippen molar-refractivity contribution in [1.29, 1.82) is 0 Å². The fourth-order valence-corrected chi connectivity index (χ4v) is 1.60. The molecular formula is C12H26O3. The summed E-state index contributed by atoms with van der Waals surface area (Å²) in [5.74, 6) is 0. The average Bonchev–Trinajstić information content (AvgIpc) is 2.26. The summed E-state index contributed by atoms with van der Waals surface area (Å²) in [6, 6.07) is 0. The van der Waals surface area contributed by atoms with Crippen LogP contribution in [0.1, 0.15) is 38.5 Å². The third kappa shape index (κ3) is 10.2. The summed E-state index contributed by atoms with van der Waals surface area (Å²) in [6.45, 7) is 1.60. The fourth-order valence-electron chi connectivity index (χ4n) is 1.60. The first kappa shape index (κ1) is 14.9. The summed E-state index contributed by atoms with van der Waals surface area (Å²) in [4.78, 5) is 0. The van der Waals surface area contributed by atoms with Crippen LogP contribution in [0, 0.1) is 0 Å². The molecule has 0 aliphatic rings. The van der Waals surface area contributed by atoms with Crippen molar-refractivity contribution in [3.63, 3.8) is 0 Å². The van der Waals surface area contributed by atoms with Crippen molar-refractivity contribution in [3.8, 4) is 0 Å². The van der Waals surface area contributed by atoms with Gasteiger partial charge in [0.25, 0.3) is 0 Å². The number of methoxy groups -OCH3 is 3. The Morgan fingerprint density at radius 3 is 2.07 bits per heavy atom. The van der Waals surface area contributed by atoms with E-state index < -0.39 is 0 Å². The van der Waals surface area contributed by atoms with Crippen LogP contribution in [-0.4, -0.2) is 40.6 Å². The van der Waals surface area contributed by atoms with Crippen molar-refractivity contribution >= 4 is 0 Å². The maximum Gasteiger partial charge on any atom is 0.0804 e. The van der Waals surface area contributed by atoms with E-state index in [1.54, 1.807) is 21.3 Å². The van der Waals surface area contributed by atoms with Crippen LogP contribution >= 0.6 is 0 Å². The monoisotopic (exact) mass is 218 g/mol. The van der Waals surface area contributed by atoms with E-state index >= 15 is 0 Å². The number of ether oxygens (including phenoxy) is 3. The van der Waals surface area contributed by atoms with Crippen molar-refractivity contribution in [2.45, 2.75) is 44.6 Å². The molecular weight excluding hydrogens is 192 g/mol. The van der Waals surface area contributed by atoms with Crippen LogP contribution in [0.2, 0.25) is 0 Å². The van der Waals surface area contributed by atoms with Gasteiger partial charge in [-0.25, -0.2) is 0 Å². The third-order valence-electron chi connectivity index (χ3n) is 2.56. The second-order valence-electron chi connectivity index (χ2n) is 3.86. The van der Waals surface area contributed by atoms with Crippen LogP contribution in [0.3, 0.4) is 0 Å². The van der Waals surface area contributed by atoms with Crippen LogP contribution in [0.15, 0.2) is 0 Å². The predicted octanol–water partition coefficient (Wildman–Crippen LogP) is 2.63. The van der Waals surface area contributed by atoms with E-state index in [1.807, 2.05) is 0 Å². The molecule has 0 heterocycles. The van der Waals surface area contributed by atoms with E-state index in [-0.39, 0.29) is 6.10 Å². The molecule has 0 N–H and O–H groups in total. The zero-order valence-corrected chi connectivity index (χ0v) is 10.5. The zero-order chi connectivity index (χ0) is 11.4.